The summed E-state index contributed by atoms with van der Waals surface area (Å²) in [4.78, 5) is 35.9. The molecule has 4 heterocycles. The van der Waals surface area contributed by atoms with E-state index in [0.29, 0.717) is 19.2 Å². The maximum Gasteiger partial charge on any atom is 0.490 e. The van der Waals surface area contributed by atoms with Gasteiger partial charge in [-0.1, -0.05) is 0 Å². The second-order valence-electron chi connectivity index (χ2n) is 8.98. The van der Waals surface area contributed by atoms with Crippen molar-refractivity contribution in [3.8, 4) is 0 Å². The van der Waals surface area contributed by atoms with Gasteiger partial charge in [0.2, 0.25) is 5.91 Å². The number of carbonyl (C=O) groups is 2. The first-order valence-electron chi connectivity index (χ1n) is 11.2. The third-order valence-corrected chi connectivity index (χ3v) is 7.14. The molecule has 1 N–H and O–H groups in total. The quantitative estimate of drug-likeness (QED) is 0.603. The van der Waals surface area contributed by atoms with Crippen LogP contribution in [0.25, 0.3) is 0 Å². The van der Waals surface area contributed by atoms with Crippen molar-refractivity contribution in [1.29, 1.82) is 0 Å². The van der Waals surface area contributed by atoms with Crippen LogP contribution in [-0.2, 0) is 20.9 Å². The largest absolute Gasteiger partial charge is 0.490 e. The molecule has 1 amide bonds. The molecular formula is C22H30F3N5O4S. The standard InChI is InChI=1S/C20H29N5O2S.C2HF3O2/c1-15(2)25-11-17(22-14-25)16-10-23(12-18-21-5-9-28-18)13-20(16)4-6-24(19(20)26)7-8-27-3;3-2(4,5)1(6)7/h5,9,11,14-16H,4,6-8,10,12-13H2,1-3H3;(H,6,7). The van der Waals surface area contributed by atoms with Gasteiger partial charge in [-0.25, -0.2) is 14.8 Å². The van der Waals surface area contributed by atoms with E-state index in [0.717, 1.165) is 43.3 Å². The molecule has 35 heavy (non-hydrogen) atoms. The van der Waals surface area contributed by atoms with Gasteiger partial charge in [0, 0.05) is 63.0 Å². The number of nitrogens with zero attached hydrogens (tertiary/aromatic N) is 5. The van der Waals surface area contributed by atoms with Crippen LogP contribution in [0.3, 0.4) is 0 Å². The number of halogens is 3. The third-order valence-electron chi connectivity index (χ3n) is 6.38. The fraction of sp³-hybridized carbons (Fsp3) is 0.636. The average Bonchev–Trinajstić information content (AvgIpc) is 3.57. The number of carbonyl (C=O) groups excluding carboxylic acids is 1. The number of likely N-dealkylation sites (tertiary alicyclic amines) is 2. The Morgan fingerprint density at radius 1 is 1.37 bits per heavy atom. The van der Waals surface area contributed by atoms with Gasteiger partial charge in [0.15, 0.2) is 0 Å². The van der Waals surface area contributed by atoms with Crippen LogP contribution in [0, 0.1) is 5.41 Å². The predicted octanol–water partition coefficient (Wildman–Crippen LogP) is 3.02. The third kappa shape index (κ3) is 6.19. The van der Waals surface area contributed by atoms with Crippen LogP contribution < -0.4 is 0 Å². The monoisotopic (exact) mass is 517 g/mol. The Labute approximate surface area is 205 Å². The molecule has 0 aliphatic carbocycles. The summed E-state index contributed by atoms with van der Waals surface area (Å²) < 4.78 is 39.1. The maximum atomic E-state index is 13.5. The topological polar surface area (TPSA) is 101 Å². The Hall–Kier alpha value is -2.51. The Kier molecular flexibility index (Phi) is 8.54. The van der Waals surface area contributed by atoms with E-state index in [1.165, 1.54) is 0 Å². The number of carboxylic acid groups (broad SMARTS) is 1. The summed E-state index contributed by atoms with van der Waals surface area (Å²) in [5, 5.41) is 10.2. The van der Waals surface area contributed by atoms with Crippen molar-refractivity contribution in [1.82, 2.24) is 24.3 Å². The number of amides is 1. The van der Waals surface area contributed by atoms with Crippen molar-refractivity contribution in [3.63, 3.8) is 0 Å². The number of rotatable bonds is 7. The normalized spacial score (nSPS) is 22.8. The van der Waals surface area contributed by atoms with Crippen molar-refractivity contribution in [2.24, 2.45) is 5.41 Å². The van der Waals surface area contributed by atoms with Gasteiger partial charge in [-0.15, -0.1) is 11.3 Å². The van der Waals surface area contributed by atoms with Gasteiger partial charge >= 0.3 is 12.1 Å². The highest BCUT2D eigenvalue weighted by atomic mass is 32.1. The number of ether oxygens (including phenoxy) is 1. The molecule has 9 nitrogen and oxygen atoms in total. The van der Waals surface area contributed by atoms with Crippen molar-refractivity contribution in [2.45, 2.75) is 44.9 Å². The zero-order valence-electron chi connectivity index (χ0n) is 19.9. The molecule has 0 aromatic carbocycles. The fourth-order valence-corrected chi connectivity index (χ4v) is 5.24. The molecule has 2 aromatic heterocycles. The Morgan fingerprint density at radius 3 is 2.63 bits per heavy atom. The summed E-state index contributed by atoms with van der Waals surface area (Å²) in [7, 11) is 1.68. The van der Waals surface area contributed by atoms with Crippen LogP contribution in [0.15, 0.2) is 24.1 Å². The minimum absolute atomic E-state index is 0.118. The van der Waals surface area contributed by atoms with Crippen LogP contribution in [0.2, 0.25) is 0 Å². The van der Waals surface area contributed by atoms with Gasteiger partial charge in [0.25, 0.3) is 0 Å². The van der Waals surface area contributed by atoms with E-state index < -0.39 is 12.1 Å². The zero-order chi connectivity index (χ0) is 25.8. The molecule has 2 aliphatic rings. The molecule has 0 bridgehead atoms. The summed E-state index contributed by atoms with van der Waals surface area (Å²) in [5.41, 5.74) is 0.651. The minimum Gasteiger partial charge on any atom is -0.475 e. The van der Waals surface area contributed by atoms with E-state index in [2.05, 4.69) is 34.5 Å². The molecule has 2 saturated heterocycles. The Bertz CT molecular complexity index is 998. The van der Waals surface area contributed by atoms with Crippen molar-refractivity contribution in [3.05, 3.63) is 34.8 Å². The van der Waals surface area contributed by atoms with Gasteiger partial charge < -0.3 is 19.3 Å². The molecule has 194 valence electrons. The SMILES string of the molecule is COCCN1CCC2(CN(Cc3nccs3)CC2c2cn(C(C)C)cn2)C1=O.O=C(O)C(F)(F)F. The number of methoxy groups -OCH3 is 1. The molecule has 4 rings (SSSR count). The molecule has 2 aromatic rings. The van der Waals surface area contributed by atoms with Crippen LogP contribution in [0.1, 0.15) is 42.9 Å². The minimum atomic E-state index is -5.08. The average molecular weight is 518 g/mol. The summed E-state index contributed by atoms with van der Waals surface area (Å²) in [6.07, 6.45) is 1.68. The first-order chi connectivity index (χ1) is 16.5. The second-order valence-corrected chi connectivity index (χ2v) is 9.96. The van der Waals surface area contributed by atoms with E-state index in [1.54, 1.807) is 18.4 Å². The summed E-state index contributed by atoms with van der Waals surface area (Å²) in [6, 6.07) is 0.363. The number of imidazole rings is 1. The van der Waals surface area contributed by atoms with Gasteiger partial charge in [0.05, 0.1) is 30.6 Å². The van der Waals surface area contributed by atoms with Crippen molar-refractivity contribution >= 4 is 23.2 Å². The molecule has 13 heteroatoms. The van der Waals surface area contributed by atoms with Crippen molar-refractivity contribution in [2.75, 3.05) is 39.9 Å². The lowest BCUT2D eigenvalue weighted by atomic mass is 9.75. The summed E-state index contributed by atoms with van der Waals surface area (Å²) in [6.45, 7) is 8.76. The first-order valence-corrected chi connectivity index (χ1v) is 12.1. The lowest BCUT2D eigenvalue weighted by Gasteiger charge is -2.28. The number of carboxylic acids is 1. The number of aromatic nitrogens is 3. The molecular weight excluding hydrogens is 487 g/mol. The smallest absolute Gasteiger partial charge is 0.475 e. The second kappa shape index (κ2) is 11.0. The highest BCUT2D eigenvalue weighted by Gasteiger charge is 2.57. The van der Waals surface area contributed by atoms with E-state index in [-0.39, 0.29) is 17.2 Å². The number of aliphatic carboxylic acids is 1. The van der Waals surface area contributed by atoms with Gasteiger partial charge in [-0.2, -0.15) is 13.2 Å². The zero-order valence-corrected chi connectivity index (χ0v) is 20.7. The van der Waals surface area contributed by atoms with E-state index in [9.17, 15) is 18.0 Å². The lowest BCUT2D eigenvalue weighted by Crippen LogP contribution is -2.40. The van der Waals surface area contributed by atoms with E-state index in [1.807, 2.05) is 22.8 Å². The van der Waals surface area contributed by atoms with Gasteiger partial charge in [-0.3, -0.25) is 9.69 Å². The molecule has 2 fully saturated rings. The highest BCUT2D eigenvalue weighted by Crippen LogP contribution is 2.49. The molecule has 2 atom stereocenters. The highest BCUT2D eigenvalue weighted by molar-refractivity contribution is 7.09. The van der Waals surface area contributed by atoms with Crippen LogP contribution >= 0.6 is 11.3 Å². The molecule has 2 aliphatic heterocycles. The predicted molar refractivity (Wildman–Crippen MR) is 122 cm³/mol. The van der Waals surface area contributed by atoms with Crippen LogP contribution in [-0.4, -0.2) is 87.4 Å². The Morgan fingerprint density at radius 2 is 2.09 bits per heavy atom. The van der Waals surface area contributed by atoms with E-state index in [4.69, 9.17) is 19.6 Å². The molecule has 1 spiro atoms. The lowest BCUT2D eigenvalue weighted by molar-refractivity contribution is -0.192. The summed E-state index contributed by atoms with van der Waals surface area (Å²) >= 11 is 1.67. The fourth-order valence-electron chi connectivity index (χ4n) is 4.58. The number of hydrogen-bond acceptors (Lipinski definition) is 7. The maximum absolute atomic E-state index is 13.5. The van der Waals surface area contributed by atoms with Gasteiger partial charge in [-0.05, 0) is 20.3 Å². The molecule has 2 unspecified atom stereocenters. The number of thiazole rings is 1. The van der Waals surface area contributed by atoms with Gasteiger partial charge in [0.1, 0.15) is 5.01 Å². The first kappa shape index (κ1) is 27.1. The number of alkyl halides is 3. The molecule has 0 radical (unpaired) electrons. The number of hydrogen-bond donors (Lipinski definition) is 1. The summed E-state index contributed by atoms with van der Waals surface area (Å²) in [5.74, 6) is -2.38. The van der Waals surface area contributed by atoms with E-state index >= 15 is 0 Å². The molecule has 0 saturated carbocycles. The van der Waals surface area contributed by atoms with Crippen LogP contribution in [0.5, 0.6) is 0 Å². The Balaban J connectivity index is 0.000000429. The van der Waals surface area contributed by atoms with Crippen molar-refractivity contribution < 1.29 is 32.6 Å². The van der Waals surface area contributed by atoms with Crippen LogP contribution in [0.4, 0.5) is 13.2 Å².